The van der Waals surface area contributed by atoms with Crippen molar-refractivity contribution in [1.29, 1.82) is 0 Å². The monoisotopic (exact) mass is 282 g/mol. The van der Waals surface area contributed by atoms with Gasteiger partial charge in [0.1, 0.15) is 5.82 Å². The zero-order chi connectivity index (χ0) is 14.8. The topological polar surface area (TPSA) is 83.2 Å². The number of methoxy groups -OCH3 is 2. The minimum Gasteiger partial charge on any atom is -0.493 e. The van der Waals surface area contributed by atoms with Crippen molar-refractivity contribution in [2.75, 3.05) is 20.0 Å². The van der Waals surface area contributed by atoms with E-state index in [1.807, 2.05) is 12.1 Å². The molecule has 0 fully saturated rings. The molecule has 0 atom stereocenters. The van der Waals surface area contributed by atoms with Crippen LogP contribution in [0.5, 0.6) is 11.5 Å². The summed E-state index contributed by atoms with van der Waals surface area (Å²) >= 11 is 0. The molecule has 2 aromatic heterocycles. The van der Waals surface area contributed by atoms with Gasteiger partial charge in [0.15, 0.2) is 17.3 Å². The molecule has 0 spiro atoms. The van der Waals surface area contributed by atoms with E-state index in [1.165, 1.54) is 0 Å². The third kappa shape index (κ3) is 2.31. The van der Waals surface area contributed by atoms with Gasteiger partial charge >= 0.3 is 0 Å². The van der Waals surface area contributed by atoms with E-state index in [0.29, 0.717) is 28.7 Å². The molecule has 0 saturated carbocycles. The highest BCUT2D eigenvalue weighted by atomic mass is 16.5. The molecule has 0 bridgehead atoms. The van der Waals surface area contributed by atoms with E-state index >= 15 is 0 Å². The molecular weight excluding hydrogens is 268 g/mol. The Kier molecular flexibility index (Phi) is 3.27. The molecular formula is C15H14N4O2. The van der Waals surface area contributed by atoms with E-state index in [4.69, 9.17) is 15.2 Å². The van der Waals surface area contributed by atoms with Gasteiger partial charge < -0.3 is 15.2 Å². The summed E-state index contributed by atoms with van der Waals surface area (Å²) in [6.07, 6.45) is 3.39. The molecule has 0 amide bonds. The summed E-state index contributed by atoms with van der Waals surface area (Å²) in [5.41, 5.74) is 7.54. The highest BCUT2D eigenvalue weighted by molar-refractivity contribution is 5.92. The van der Waals surface area contributed by atoms with Crippen LogP contribution in [-0.4, -0.2) is 29.2 Å². The van der Waals surface area contributed by atoms with Crippen LogP contribution in [0, 0.1) is 0 Å². The fraction of sp³-hybridized carbons (Fsp3) is 0.133. The molecule has 106 valence electrons. The Balaban J connectivity index is 2.24. The first-order valence-electron chi connectivity index (χ1n) is 6.32. The maximum atomic E-state index is 6.04. The summed E-state index contributed by atoms with van der Waals surface area (Å²) in [6.45, 7) is 0. The van der Waals surface area contributed by atoms with Crippen molar-refractivity contribution in [2.24, 2.45) is 0 Å². The summed E-state index contributed by atoms with van der Waals surface area (Å²) in [7, 11) is 3.15. The van der Waals surface area contributed by atoms with Crippen LogP contribution in [0.15, 0.2) is 36.7 Å². The number of ether oxygens (including phenoxy) is 2. The van der Waals surface area contributed by atoms with Gasteiger partial charge in [-0.25, -0.2) is 9.97 Å². The molecule has 0 aliphatic heterocycles. The second-order valence-electron chi connectivity index (χ2n) is 4.40. The average Bonchev–Trinajstić information content (AvgIpc) is 2.54. The largest absolute Gasteiger partial charge is 0.493 e. The first kappa shape index (κ1) is 13.1. The zero-order valence-corrected chi connectivity index (χ0v) is 11.7. The van der Waals surface area contributed by atoms with Crippen molar-refractivity contribution in [3.63, 3.8) is 0 Å². The first-order valence-corrected chi connectivity index (χ1v) is 6.32. The van der Waals surface area contributed by atoms with Crippen LogP contribution < -0.4 is 15.2 Å². The van der Waals surface area contributed by atoms with Crippen LogP contribution in [0.1, 0.15) is 0 Å². The lowest BCUT2D eigenvalue weighted by Crippen LogP contribution is -1.99. The average molecular weight is 282 g/mol. The summed E-state index contributed by atoms with van der Waals surface area (Å²) in [4.78, 5) is 12.9. The van der Waals surface area contributed by atoms with Gasteiger partial charge in [-0.2, -0.15) is 0 Å². The fourth-order valence-electron chi connectivity index (χ4n) is 2.10. The van der Waals surface area contributed by atoms with Gasteiger partial charge in [0.2, 0.25) is 0 Å². The lowest BCUT2D eigenvalue weighted by atomic mass is 10.2. The Labute approximate surface area is 121 Å². The van der Waals surface area contributed by atoms with Crippen LogP contribution in [0.25, 0.3) is 22.3 Å². The summed E-state index contributed by atoms with van der Waals surface area (Å²) in [5.74, 6) is 2.11. The third-order valence-corrected chi connectivity index (χ3v) is 3.15. The molecule has 3 aromatic rings. The second-order valence-corrected chi connectivity index (χ2v) is 4.40. The number of nitrogens with two attached hydrogens (primary N) is 1. The Morgan fingerprint density at radius 3 is 2.48 bits per heavy atom. The minimum absolute atomic E-state index is 0.389. The van der Waals surface area contributed by atoms with E-state index in [1.54, 1.807) is 38.7 Å². The number of benzene rings is 1. The number of anilines is 1. The van der Waals surface area contributed by atoms with Crippen molar-refractivity contribution in [3.8, 4) is 22.9 Å². The van der Waals surface area contributed by atoms with E-state index in [2.05, 4.69) is 15.0 Å². The maximum Gasteiger partial charge on any atom is 0.163 e. The lowest BCUT2D eigenvalue weighted by Gasteiger charge is -2.10. The molecule has 0 aliphatic rings. The molecule has 6 nitrogen and oxygen atoms in total. The third-order valence-electron chi connectivity index (χ3n) is 3.15. The normalized spacial score (nSPS) is 10.6. The van der Waals surface area contributed by atoms with E-state index < -0.39 is 0 Å². The molecule has 3 rings (SSSR count). The molecule has 2 N–H and O–H groups in total. The van der Waals surface area contributed by atoms with Crippen molar-refractivity contribution in [1.82, 2.24) is 15.0 Å². The number of nitrogens with zero attached hydrogens (tertiary/aromatic N) is 3. The molecule has 0 radical (unpaired) electrons. The van der Waals surface area contributed by atoms with E-state index in [0.717, 1.165) is 10.9 Å². The summed E-state index contributed by atoms with van der Waals surface area (Å²) < 4.78 is 10.6. The lowest BCUT2D eigenvalue weighted by molar-refractivity contribution is 0.356. The predicted molar refractivity (Wildman–Crippen MR) is 80.3 cm³/mol. The van der Waals surface area contributed by atoms with Gasteiger partial charge in [-0.15, -0.1) is 0 Å². The highest BCUT2D eigenvalue weighted by Crippen LogP contribution is 2.34. The van der Waals surface area contributed by atoms with Gasteiger partial charge in [-0.3, -0.25) is 4.98 Å². The number of hydrogen-bond acceptors (Lipinski definition) is 6. The van der Waals surface area contributed by atoms with Crippen LogP contribution in [0.4, 0.5) is 5.82 Å². The van der Waals surface area contributed by atoms with Crippen molar-refractivity contribution >= 4 is 16.7 Å². The van der Waals surface area contributed by atoms with Crippen LogP contribution in [0.2, 0.25) is 0 Å². The molecule has 2 heterocycles. The van der Waals surface area contributed by atoms with Crippen molar-refractivity contribution in [3.05, 3.63) is 36.7 Å². The summed E-state index contributed by atoms with van der Waals surface area (Å²) in [5, 5.41) is 0.722. The number of fused-ring (bicyclic) bond motifs is 1. The molecule has 21 heavy (non-hydrogen) atoms. The number of hydrogen-bond donors (Lipinski definition) is 1. The first-order chi connectivity index (χ1) is 10.2. The standard InChI is InChI=1S/C15H14N4O2/c1-20-12-6-10-11(7-13(12)21-2)18-15(19-14(10)16)9-4-3-5-17-8-9/h3-8H,1-2H3,(H2,16,18,19). The van der Waals surface area contributed by atoms with Crippen molar-refractivity contribution < 1.29 is 9.47 Å². The SMILES string of the molecule is COc1cc2nc(-c3cccnc3)nc(N)c2cc1OC. The Bertz CT molecular complexity index is 791. The van der Waals surface area contributed by atoms with E-state index in [9.17, 15) is 0 Å². The van der Waals surface area contributed by atoms with Gasteiger partial charge in [0.05, 0.1) is 19.7 Å². The maximum absolute atomic E-state index is 6.04. The van der Waals surface area contributed by atoms with Crippen LogP contribution >= 0.6 is 0 Å². The van der Waals surface area contributed by atoms with Crippen molar-refractivity contribution in [2.45, 2.75) is 0 Å². The Morgan fingerprint density at radius 1 is 1.05 bits per heavy atom. The second kappa shape index (κ2) is 5.24. The van der Waals surface area contributed by atoms with E-state index in [-0.39, 0.29) is 0 Å². The number of pyridine rings is 1. The smallest absolute Gasteiger partial charge is 0.163 e. The zero-order valence-electron chi connectivity index (χ0n) is 11.7. The molecule has 0 aliphatic carbocycles. The number of aromatic nitrogens is 3. The van der Waals surface area contributed by atoms with Crippen LogP contribution in [0.3, 0.4) is 0 Å². The Hall–Kier alpha value is -2.89. The molecule has 0 unspecified atom stereocenters. The highest BCUT2D eigenvalue weighted by Gasteiger charge is 2.12. The van der Waals surface area contributed by atoms with Gasteiger partial charge in [0, 0.05) is 29.4 Å². The predicted octanol–water partition coefficient (Wildman–Crippen LogP) is 2.29. The summed E-state index contributed by atoms with van der Waals surface area (Å²) in [6, 6.07) is 7.27. The quantitative estimate of drug-likeness (QED) is 0.793. The fourth-order valence-corrected chi connectivity index (χ4v) is 2.10. The molecule has 1 aromatic carbocycles. The molecule has 6 heteroatoms. The van der Waals surface area contributed by atoms with Gasteiger partial charge in [-0.05, 0) is 18.2 Å². The van der Waals surface area contributed by atoms with Gasteiger partial charge in [-0.1, -0.05) is 0 Å². The number of nitrogen functional groups attached to an aromatic ring is 1. The van der Waals surface area contributed by atoms with Gasteiger partial charge in [0.25, 0.3) is 0 Å². The number of rotatable bonds is 3. The molecule has 0 saturated heterocycles. The minimum atomic E-state index is 0.389. The van der Waals surface area contributed by atoms with Crippen LogP contribution in [-0.2, 0) is 0 Å². The Morgan fingerprint density at radius 2 is 1.81 bits per heavy atom.